The van der Waals surface area contributed by atoms with Crippen molar-refractivity contribution in [2.24, 2.45) is 0 Å². The maximum atomic E-state index is 5.16. The largest absolute Gasteiger partial charge is 0.309 e. The minimum Gasteiger partial charge on any atom is -0.309 e. The van der Waals surface area contributed by atoms with Crippen molar-refractivity contribution in [2.75, 3.05) is 4.90 Å². The molecule has 0 saturated carbocycles. The summed E-state index contributed by atoms with van der Waals surface area (Å²) in [6, 6.07) is 68.0. The Balaban J connectivity index is 1.15. The number of aryl methyl sites for hydroxylation is 1. The molecule has 2 aliphatic rings. The van der Waals surface area contributed by atoms with E-state index in [0.29, 0.717) is 17.5 Å². The highest BCUT2D eigenvalue weighted by atomic mass is 15.2. The molecule has 9 aromatic rings. The van der Waals surface area contributed by atoms with Gasteiger partial charge in [-0.3, -0.25) is 0 Å². The third-order valence-electron chi connectivity index (χ3n) is 13.5. The number of benzene rings is 8. The summed E-state index contributed by atoms with van der Waals surface area (Å²) in [5.41, 5.74) is 19.5. The van der Waals surface area contributed by atoms with Crippen molar-refractivity contribution in [3.63, 3.8) is 0 Å². The number of anilines is 3. The first kappa shape index (κ1) is 37.6. The minimum absolute atomic E-state index is 0.221. The van der Waals surface area contributed by atoms with Gasteiger partial charge in [-0.15, -0.1) is 0 Å². The molecule has 11 rings (SSSR count). The average molecular weight is 799 g/mol. The van der Waals surface area contributed by atoms with Crippen LogP contribution in [0.2, 0.25) is 0 Å². The van der Waals surface area contributed by atoms with Gasteiger partial charge in [0.15, 0.2) is 17.5 Å². The molecule has 4 nitrogen and oxygen atoms in total. The van der Waals surface area contributed by atoms with Gasteiger partial charge in [-0.05, 0) is 100 Å². The topological polar surface area (TPSA) is 41.9 Å². The molecule has 1 aromatic heterocycles. The van der Waals surface area contributed by atoms with Crippen molar-refractivity contribution in [3.05, 3.63) is 238 Å². The van der Waals surface area contributed by atoms with E-state index in [1.807, 2.05) is 36.4 Å². The zero-order valence-corrected chi connectivity index (χ0v) is 35.7. The predicted molar refractivity (Wildman–Crippen MR) is 254 cm³/mol. The van der Waals surface area contributed by atoms with E-state index in [9.17, 15) is 0 Å². The molecule has 8 aromatic carbocycles. The molecule has 1 aliphatic carbocycles. The Morgan fingerprint density at radius 2 is 0.871 bits per heavy atom. The smallest absolute Gasteiger partial charge is 0.164 e. The molecule has 1 aliphatic heterocycles. The van der Waals surface area contributed by atoms with E-state index in [-0.39, 0.29) is 5.41 Å². The van der Waals surface area contributed by atoms with Crippen molar-refractivity contribution in [3.8, 4) is 45.3 Å². The second-order valence-electron chi connectivity index (χ2n) is 17.3. The fourth-order valence-electron chi connectivity index (χ4n) is 10.7. The van der Waals surface area contributed by atoms with Gasteiger partial charge in [0.25, 0.3) is 0 Å². The van der Waals surface area contributed by atoms with Gasteiger partial charge < -0.3 is 4.90 Å². The zero-order chi connectivity index (χ0) is 42.2. The number of nitrogens with zero attached hydrogens (tertiary/aromatic N) is 4. The zero-order valence-electron chi connectivity index (χ0n) is 35.7. The average Bonchev–Trinajstić information content (AvgIpc) is 3.56. The molecule has 0 spiro atoms. The summed E-state index contributed by atoms with van der Waals surface area (Å²) in [5, 5.41) is 0. The second-order valence-corrected chi connectivity index (χ2v) is 17.3. The van der Waals surface area contributed by atoms with Crippen LogP contribution < -0.4 is 4.90 Å². The Labute approximate surface area is 364 Å². The molecule has 0 saturated heterocycles. The monoisotopic (exact) mass is 798 g/mol. The molecule has 2 heterocycles. The van der Waals surface area contributed by atoms with Gasteiger partial charge in [0.2, 0.25) is 0 Å². The molecule has 0 radical (unpaired) electrons. The summed E-state index contributed by atoms with van der Waals surface area (Å²) in [4.78, 5) is 17.8. The van der Waals surface area contributed by atoms with Crippen LogP contribution in [0.4, 0.5) is 17.1 Å². The predicted octanol–water partition coefficient (Wildman–Crippen LogP) is 14.3. The normalized spacial score (nSPS) is 14.1. The van der Waals surface area contributed by atoms with Crippen molar-refractivity contribution >= 4 is 17.1 Å². The van der Waals surface area contributed by atoms with Crippen molar-refractivity contribution in [1.29, 1.82) is 0 Å². The highest BCUT2D eigenvalue weighted by Gasteiger charge is 2.51. The lowest BCUT2D eigenvalue weighted by Crippen LogP contribution is -2.39. The number of hydrogen-bond acceptors (Lipinski definition) is 4. The molecule has 0 amide bonds. The second kappa shape index (κ2) is 14.4. The highest BCUT2D eigenvalue weighted by Crippen LogP contribution is 2.62. The molecular formula is C58H46N4. The molecular weight excluding hydrogens is 753 g/mol. The molecule has 62 heavy (non-hydrogen) atoms. The fraction of sp³-hybridized carbons (Fsp3) is 0.121. The summed E-state index contributed by atoms with van der Waals surface area (Å²) < 4.78 is 0. The van der Waals surface area contributed by atoms with E-state index in [1.165, 1.54) is 55.8 Å². The first-order valence-corrected chi connectivity index (χ1v) is 21.5. The van der Waals surface area contributed by atoms with Gasteiger partial charge in [-0.25, -0.2) is 15.0 Å². The highest BCUT2D eigenvalue weighted by molar-refractivity contribution is 5.94. The van der Waals surface area contributed by atoms with Crippen LogP contribution in [0, 0.1) is 20.8 Å². The number of fused-ring (bicyclic) bond motifs is 5. The molecule has 0 atom stereocenters. The summed E-state index contributed by atoms with van der Waals surface area (Å²) >= 11 is 0. The van der Waals surface area contributed by atoms with E-state index >= 15 is 0 Å². The first-order chi connectivity index (χ1) is 30.3. The van der Waals surface area contributed by atoms with Crippen LogP contribution in [-0.4, -0.2) is 15.0 Å². The lowest BCUT2D eigenvalue weighted by molar-refractivity contribution is 0.625. The van der Waals surface area contributed by atoms with Crippen LogP contribution in [0.5, 0.6) is 0 Å². The van der Waals surface area contributed by atoms with Crippen LogP contribution in [0.25, 0.3) is 45.3 Å². The summed E-state index contributed by atoms with van der Waals surface area (Å²) in [7, 11) is 0. The Kier molecular flexibility index (Phi) is 8.69. The van der Waals surface area contributed by atoms with Crippen molar-refractivity contribution < 1.29 is 0 Å². The fourth-order valence-corrected chi connectivity index (χ4v) is 10.7. The first-order valence-electron chi connectivity index (χ1n) is 21.5. The van der Waals surface area contributed by atoms with Crippen LogP contribution in [0.3, 0.4) is 0 Å². The van der Waals surface area contributed by atoms with E-state index in [0.717, 1.165) is 39.2 Å². The van der Waals surface area contributed by atoms with E-state index < -0.39 is 5.41 Å². The van der Waals surface area contributed by atoms with Crippen LogP contribution in [0.15, 0.2) is 188 Å². The van der Waals surface area contributed by atoms with E-state index in [2.05, 4.69) is 191 Å². The summed E-state index contributed by atoms with van der Waals surface area (Å²) in [6.07, 6.45) is 0. The quantitative estimate of drug-likeness (QED) is 0.168. The molecule has 0 bridgehead atoms. The number of para-hydroxylation sites is 2. The van der Waals surface area contributed by atoms with E-state index in [1.54, 1.807) is 0 Å². The Bertz CT molecular complexity index is 3080. The maximum Gasteiger partial charge on any atom is 0.164 e. The van der Waals surface area contributed by atoms with Crippen molar-refractivity contribution in [1.82, 2.24) is 15.0 Å². The van der Waals surface area contributed by atoms with Gasteiger partial charge in [0.1, 0.15) is 0 Å². The third kappa shape index (κ3) is 5.49. The minimum atomic E-state index is -0.626. The van der Waals surface area contributed by atoms with Gasteiger partial charge in [-0.1, -0.05) is 184 Å². The number of rotatable bonds is 6. The summed E-state index contributed by atoms with van der Waals surface area (Å²) in [6.45, 7) is 11.5. The van der Waals surface area contributed by atoms with Gasteiger partial charge in [0, 0.05) is 22.1 Å². The van der Waals surface area contributed by atoms with Crippen LogP contribution >= 0.6 is 0 Å². The van der Waals surface area contributed by atoms with Gasteiger partial charge in [0.05, 0.1) is 22.5 Å². The van der Waals surface area contributed by atoms with Crippen molar-refractivity contribution in [2.45, 2.75) is 45.4 Å². The Morgan fingerprint density at radius 3 is 1.47 bits per heavy atom. The molecule has 4 heteroatoms. The Hall–Kier alpha value is -7.43. The molecule has 0 N–H and O–H groups in total. The van der Waals surface area contributed by atoms with Crippen LogP contribution in [0.1, 0.15) is 63.9 Å². The van der Waals surface area contributed by atoms with Gasteiger partial charge >= 0.3 is 0 Å². The maximum absolute atomic E-state index is 5.16. The van der Waals surface area contributed by atoms with Crippen LogP contribution in [-0.2, 0) is 10.8 Å². The standard InChI is InChI=1S/C58H46N4/c1-37-36-45(56-60-54(40-22-9-6-10-23-40)59-55(61-56)41-24-11-7-12-25-41)38(2)39(3)53(37)62-50-34-19-17-31-47(50)58(42-26-13-8-14-27-42,48-32-18-20-35-51(48)62)49-33-21-29-44-43-28-15-16-30-46(43)57(4,5)52(44)49/h6-36H,1-5H3. The van der Waals surface area contributed by atoms with E-state index in [4.69, 9.17) is 15.0 Å². The summed E-state index contributed by atoms with van der Waals surface area (Å²) in [5.74, 6) is 1.98. The molecule has 0 unspecified atom stereocenters. The Morgan fingerprint density at radius 1 is 0.403 bits per heavy atom. The molecule has 298 valence electrons. The SMILES string of the molecule is Cc1cc(-c2nc(-c3ccccc3)nc(-c3ccccc3)n2)c(C)c(C)c1N1c2ccccc2C(c2ccccc2)(c2cccc3c2C(C)(C)c2ccccc2-3)c2ccccc21. The number of aromatic nitrogens is 3. The lowest BCUT2D eigenvalue weighted by atomic mass is 9.59. The lowest BCUT2D eigenvalue weighted by Gasteiger charge is -2.48. The van der Waals surface area contributed by atoms with Gasteiger partial charge in [-0.2, -0.15) is 0 Å². The molecule has 0 fully saturated rings. The number of hydrogen-bond donors (Lipinski definition) is 0. The third-order valence-corrected chi connectivity index (χ3v) is 13.5.